The molecule has 0 fully saturated rings. The van der Waals surface area contributed by atoms with Crippen LogP contribution < -0.4 is 5.56 Å². The summed E-state index contributed by atoms with van der Waals surface area (Å²) >= 11 is 7.99. The zero-order chi connectivity index (χ0) is 15.0. The van der Waals surface area contributed by atoms with E-state index >= 15 is 0 Å². The van der Waals surface area contributed by atoms with Crippen molar-refractivity contribution in [1.82, 2.24) is 9.55 Å². The van der Waals surface area contributed by atoms with E-state index in [0.717, 1.165) is 19.8 Å². The van der Waals surface area contributed by atoms with Gasteiger partial charge in [0.25, 0.3) is 5.56 Å². The third kappa shape index (κ3) is 2.88. The van der Waals surface area contributed by atoms with Gasteiger partial charge in [0.15, 0.2) is 5.16 Å². The first kappa shape index (κ1) is 15.0. The van der Waals surface area contributed by atoms with E-state index in [4.69, 9.17) is 0 Å². The van der Waals surface area contributed by atoms with Crippen LogP contribution in [0.3, 0.4) is 0 Å². The van der Waals surface area contributed by atoms with Gasteiger partial charge >= 0.3 is 0 Å². The third-order valence-corrected chi connectivity index (χ3v) is 6.46. The van der Waals surface area contributed by atoms with E-state index in [9.17, 15) is 4.79 Å². The Morgan fingerprint density at radius 3 is 3.00 bits per heavy atom. The maximum absolute atomic E-state index is 12.7. The van der Waals surface area contributed by atoms with Crippen LogP contribution in [0.25, 0.3) is 20.7 Å². The minimum atomic E-state index is 0.00679. The molecule has 0 saturated carbocycles. The standard InChI is InChI=1S/C14H11BrN2OS3/c1-8(15)6-21-14-16-12-11(13(18)17(14)2)9(7-20-12)10-4-3-5-19-10/h3-5,7H,1,6H2,2H3. The number of thioether (sulfide) groups is 1. The van der Waals surface area contributed by atoms with Crippen LogP contribution in [0, 0.1) is 0 Å². The highest BCUT2D eigenvalue weighted by Crippen LogP contribution is 2.34. The summed E-state index contributed by atoms with van der Waals surface area (Å²) < 4.78 is 2.50. The molecule has 0 aromatic carbocycles. The maximum atomic E-state index is 12.7. The second-order valence-electron chi connectivity index (χ2n) is 4.37. The van der Waals surface area contributed by atoms with Gasteiger partial charge in [-0.2, -0.15) is 0 Å². The van der Waals surface area contributed by atoms with Crippen molar-refractivity contribution >= 4 is 60.6 Å². The Hall–Kier alpha value is -0.890. The van der Waals surface area contributed by atoms with E-state index in [-0.39, 0.29) is 5.56 Å². The lowest BCUT2D eigenvalue weighted by atomic mass is 10.2. The molecule has 0 unspecified atom stereocenters. The van der Waals surface area contributed by atoms with E-state index in [1.54, 1.807) is 23.0 Å². The summed E-state index contributed by atoms with van der Waals surface area (Å²) in [6.07, 6.45) is 0. The molecular formula is C14H11BrN2OS3. The third-order valence-electron chi connectivity index (χ3n) is 2.92. The van der Waals surface area contributed by atoms with E-state index in [2.05, 4.69) is 27.5 Å². The SMILES string of the molecule is C=C(Br)CSc1nc2scc(-c3cccs3)c2c(=O)n1C. The molecule has 0 N–H and O–H groups in total. The molecule has 3 rings (SSSR count). The number of halogens is 1. The zero-order valence-electron chi connectivity index (χ0n) is 11.1. The van der Waals surface area contributed by atoms with Crippen molar-refractivity contribution < 1.29 is 0 Å². The number of rotatable bonds is 4. The van der Waals surface area contributed by atoms with Crippen molar-refractivity contribution in [2.75, 3.05) is 5.75 Å². The molecule has 21 heavy (non-hydrogen) atoms. The smallest absolute Gasteiger partial charge is 0.263 e. The molecule has 3 nitrogen and oxygen atoms in total. The molecule has 0 saturated heterocycles. The molecule has 3 aromatic heterocycles. The summed E-state index contributed by atoms with van der Waals surface area (Å²) in [6, 6.07) is 4.02. The second kappa shape index (κ2) is 6.08. The van der Waals surface area contributed by atoms with Crippen LogP contribution in [-0.2, 0) is 7.05 Å². The van der Waals surface area contributed by atoms with E-state index < -0.39 is 0 Å². The van der Waals surface area contributed by atoms with Gasteiger partial charge in [-0.1, -0.05) is 40.3 Å². The Kier molecular flexibility index (Phi) is 4.35. The van der Waals surface area contributed by atoms with Gasteiger partial charge in [0, 0.05) is 28.6 Å². The fourth-order valence-electron chi connectivity index (χ4n) is 1.94. The molecule has 0 radical (unpaired) electrons. The zero-order valence-corrected chi connectivity index (χ0v) is 15.2. The van der Waals surface area contributed by atoms with Crippen LogP contribution in [-0.4, -0.2) is 15.3 Å². The van der Waals surface area contributed by atoms with Gasteiger partial charge in [0.05, 0.1) is 5.39 Å². The molecule has 0 aliphatic heterocycles. The molecule has 3 heterocycles. The van der Waals surface area contributed by atoms with E-state index in [1.165, 1.54) is 23.1 Å². The number of nitrogens with zero attached hydrogens (tertiary/aromatic N) is 2. The predicted octanol–water partition coefficient (Wildman–Crippen LogP) is 4.72. The quantitative estimate of drug-likeness (QED) is 0.470. The minimum Gasteiger partial charge on any atom is -0.290 e. The molecule has 0 spiro atoms. The first-order valence-electron chi connectivity index (χ1n) is 6.06. The number of aromatic nitrogens is 2. The van der Waals surface area contributed by atoms with E-state index in [1.807, 2.05) is 22.9 Å². The minimum absolute atomic E-state index is 0.00679. The van der Waals surface area contributed by atoms with Gasteiger partial charge in [-0.25, -0.2) is 4.98 Å². The van der Waals surface area contributed by atoms with Crippen molar-refractivity contribution in [3.8, 4) is 10.4 Å². The van der Waals surface area contributed by atoms with Crippen molar-refractivity contribution in [2.24, 2.45) is 7.05 Å². The number of hydrogen-bond donors (Lipinski definition) is 0. The maximum Gasteiger partial charge on any atom is 0.263 e. The summed E-state index contributed by atoms with van der Waals surface area (Å²) in [5.41, 5.74) is 0.992. The summed E-state index contributed by atoms with van der Waals surface area (Å²) in [5.74, 6) is 0.689. The lowest BCUT2D eigenvalue weighted by Crippen LogP contribution is -2.19. The number of thiophene rings is 2. The average molecular weight is 399 g/mol. The highest BCUT2D eigenvalue weighted by atomic mass is 79.9. The first-order chi connectivity index (χ1) is 10.1. The first-order valence-corrected chi connectivity index (χ1v) is 9.60. The van der Waals surface area contributed by atoms with Crippen molar-refractivity contribution in [1.29, 1.82) is 0 Å². The van der Waals surface area contributed by atoms with Crippen LogP contribution in [0.2, 0.25) is 0 Å². The summed E-state index contributed by atoms with van der Waals surface area (Å²) in [7, 11) is 1.77. The molecule has 0 aliphatic carbocycles. The summed E-state index contributed by atoms with van der Waals surface area (Å²) in [6.45, 7) is 3.81. The number of hydrogen-bond acceptors (Lipinski definition) is 5. The van der Waals surface area contributed by atoms with Gasteiger partial charge < -0.3 is 0 Å². The van der Waals surface area contributed by atoms with E-state index in [0.29, 0.717) is 16.3 Å². The molecule has 0 atom stereocenters. The van der Waals surface area contributed by atoms with Gasteiger partial charge in [0.2, 0.25) is 0 Å². The van der Waals surface area contributed by atoms with Crippen LogP contribution in [0.1, 0.15) is 0 Å². The van der Waals surface area contributed by atoms with Crippen LogP contribution in [0.4, 0.5) is 0 Å². The molecule has 3 aromatic rings. The van der Waals surface area contributed by atoms with Gasteiger partial charge in [-0.15, -0.1) is 22.7 Å². The largest absolute Gasteiger partial charge is 0.290 e. The average Bonchev–Trinajstić information content (AvgIpc) is 3.09. The molecule has 0 bridgehead atoms. The van der Waals surface area contributed by atoms with Gasteiger partial charge in [-0.3, -0.25) is 9.36 Å². The lowest BCUT2D eigenvalue weighted by molar-refractivity contribution is 0.729. The number of fused-ring (bicyclic) bond motifs is 1. The second-order valence-corrected chi connectivity index (χ2v) is 8.24. The summed E-state index contributed by atoms with van der Waals surface area (Å²) in [4.78, 5) is 19.2. The molecular weight excluding hydrogens is 388 g/mol. The van der Waals surface area contributed by atoms with Crippen LogP contribution in [0.15, 0.2) is 43.9 Å². The van der Waals surface area contributed by atoms with Crippen LogP contribution in [0.5, 0.6) is 0 Å². The fraction of sp³-hybridized carbons (Fsp3) is 0.143. The molecule has 108 valence electrons. The summed E-state index contributed by atoms with van der Waals surface area (Å²) in [5, 5.41) is 5.46. The molecule has 7 heteroatoms. The monoisotopic (exact) mass is 398 g/mol. The Morgan fingerprint density at radius 1 is 1.52 bits per heavy atom. The topological polar surface area (TPSA) is 34.9 Å². The fourth-order valence-corrected chi connectivity index (χ4v) is 4.81. The Morgan fingerprint density at radius 2 is 2.33 bits per heavy atom. The Labute approximate surface area is 142 Å². The molecule has 0 amide bonds. The van der Waals surface area contributed by atoms with Crippen molar-refractivity contribution in [3.63, 3.8) is 0 Å². The Balaban J connectivity index is 2.15. The van der Waals surface area contributed by atoms with Gasteiger partial charge in [-0.05, 0) is 15.9 Å². The normalized spacial score (nSPS) is 11.1. The highest BCUT2D eigenvalue weighted by molar-refractivity contribution is 9.11. The Bertz CT molecular complexity index is 864. The van der Waals surface area contributed by atoms with Crippen LogP contribution >= 0.6 is 50.4 Å². The van der Waals surface area contributed by atoms with Crippen molar-refractivity contribution in [2.45, 2.75) is 5.16 Å². The highest BCUT2D eigenvalue weighted by Gasteiger charge is 2.16. The predicted molar refractivity (Wildman–Crippen MR) is 97.0 cm³/mol. The lowest BCUT2D eigenvalue weighted by Gasteiger charge is -2.06. The molecule has 0 aliphatic rings. The van der Waals surface area contributed by atoms with Gasteiger partial charge in [0.1, 0.15) is 4.83 Å². The van der Waals surface area contributed by atoms with Crippen molar-refractivity contribution in [3.05, 3.63) is 44.3 Å².